The van der Waals surface area contributed by atoms with E-state index in [1.54, 1.807) is 7.05 Å². The van der Waals surface area contributed by atoms with Crippen LogP contribution in [0.5, 0.6) is 0 Å². The molecule has 0 aromatic rings. The summed E-state index contributed by atoms with van der Waals surface area (Å²) in [6.07, 6.45) is 2.34. The van der Waals surface area contributed by atoms with Gasteiger partial charge in [0.2, 0.25) is 0 Å². The van der Waals surface area contributed by atoms with Crippen LogP contribution in [-0.4, -0.2) is 57.7 Å². The van der Waals surface area contributed by atoms with Gasteiger partial charge in [0.25, 0.3) is 0 Å². The van der Waals surface area contributed by atoms with Crippen LogP contribution in [0, 0.1) is 0 Å². The van der Waals surface area contributed by atoms with Gasteiger partial charge in [-0.2, -0.15) is 0 Å². The molecule has 1 aliphatic rings. The first-order valence-corrected chi connectivity index (χ1v) is 8.75. The zero-order valence-electron chi connectivity index (χ0n) is 13.1. The largest absolute Gasteiger partial charge is 0.381 e. The molecular weight excluding hydrogens is 278 g/mol. The highest BCUT2D eigenvalue weighted by atomic mass is 32.2. The van der Waals surface area contributed by atoms with Crippen LogP contribution in [0.4, 0.5) is 0 Å². The van der Waals surface area contributed by atoms with Gasteiger partial charge in [0.1, 0.15) is 0 Å². The van der Waals surface area contributed by atoms with Crippen molar-refractivity contribution in [3.8, 4) is 0 Å². The maximum absolute atomic E-state index is 12.1. The fraction of sp³-hybridized carbons (Fsp3) is 0.923. The second-order valence-corrected chi connectivity index (χ2v) is 8.78. The van der Waals surface area contributed by atoms with Gasteiger partial charge in [-0.15, -0.1) is 0 Å². The van der Waals surface area contributed by atoms with Gasteiger partial charge in [-0.25, -0.2) is 8.42 Å². The number of rotatable bonds is 3. The normalized spacial score (nSPS) is 20.6. The molecule has 1 saturated heterocycles. The van der Waals surface area contributed by atoms with E-state index in [9.17, 15) is 8.42 Å². The quantitative estimate of drug-likeness (QED) is 0.588. The van der Waals surface area contributed by atoms with Gasteiger partial charge in [-0.3, -0.25) is 4.99 Å². The number of aliphatic imine (C=N–C) groups is 1. The van der Waals surface area contributed by atoms with Crippen LogP contribution >= 0.6 is 0 Å². The van der Waals surface area contributed by atoms with Crippen LogP contribution in [0.25, 0.3) is 0 Å². The van der Waals surface area contributed by atoms with Gasteiger partial charge in [0.05, 0.1) is 4.75 Å². The summed E-state index contributed by atoms with van der Waals surface area (Å²) in [7, 11) is -1.48. The van der Waals surface area contributed by atoms with Gasteiger partial charge in [-0.05, 0) is 33.6 Å². The van der Waals surface area contributed by atoms with E-state index in [1.807, 2.05) is 20.8 Å². The molecule has 0 atom stereocenters. The molecule has 0 saturated carbocycles. The number of nitrogens with one attached hydrogen (secondary N) is 2. The van der Waals surface area contributed by atoms with Crippen molar-refractivity contribution in [2.75, 3.05) is 33.1 Å². The number of hydrogen-bond acceptors (Lipinski definition) is 4. The summed E-state index contributed by atoms with van der Waals surface area (Å²) in [5, 5.41) is 6.37. The molecule has 0 aromatic heterocycles. The zero-order valence-corrected chi connectivity index (χ0v) is 13.9. The minimum absolute atomic E-state index is 0.129. The summed E-state index contributed by atoms with van der Waals surface area (Å²) in [6, 6.07) is 0. The van der Waals surface area contributed by atoms with Crippen LogP contribution in [-0.2, 0) is 14.6 Å². The van der Waals surface area contributed by atoms with Crippen LogP contribution in [0.2, 0.25) is 0 Å². The van der Waals surface area contributed by atoms with E-state index in [1.165, 1.54) is 6.26 Å². The molecule has 0 unspecified atom stereocenters. The molecule has 0 aliphatic carbocycles. The van der Waals surface area contributed by atoms with Crippen molar-refractivity contribution in [1.82, 2.24) is 10.6 Å². The first-order valence-electron chi connectivity index (χ1n) is 6.86. The lowest BCUT2D eigenvalue weighted by Crippen LogP contribution is -2.55. The predicted octanol–water partition coefficient (Wildman–Crippen LogP) is 0.544. The SMILES string of the molecule is CN=C(NCC1(S(C)(=O)=O)CCOCC1)NC(C)(C)C. The molecule has 0 bridgehead atoms. The summed E-state index contributed by atoms with van der Waals surface area (Å²) in [5.74, 6) is 0.618. The lowest BCUT2D eigenvalue weighted by molar-refractivity contribution is 0.0756. The second kappa shape index (κ2) is 6.30. The third-order valence-corrected chi connectivity index (χ3v) is 5.61. The Labute approximate surface area is 122 Å². The summed E-state index contributed by atoms with van der Waals surface area (Å²) in [5.41, 5.74) is -0.129. The molecule has 1 fully saturated rings. The molecule has 20 heavy (non-hydrogen) atoms. The molecule has 1 heterocycles. The van der Waals surface area contributed by atoms with Crippen molar-refractivity contribution in [2.24, 2.45) is 4.99 Å². The van der Waals surface area contributed by atoms with Gasteiger partial charge >= 0.3 is 0 Å². The van der Waals surface area contributed by atoms with E-state index >= 15 is 0 Å². The van der Waals surface area contributed by atoms with Crippen molar-refractivity contribution in [2.45, 2.75) is 43.9 Å². The lowest BCUT2D eigenvalue weighted by atomic mass is 9.99. The summed E-state index contributed by atoms with van der Waals surface area (Å²) < 4.78 is 28.8. The number of hydrogen-bond donors (Lipinski definition) is 2. The monoisotopic (exact) mass is 305 g/mol. The van der Waals surface area contributed by atoms with E-state index in [4.69, 9.17) is 4.74 Å². The van der Waals surface area contributed by atoms with Crippen LogP contribution in [0.1, 0.15) is 33.6 Å². The third kappa shape index (κ3) is 4.63. The predicted molar refractivity (Wildman–Crippen MR) is 81.9 cm³/mol. The molecule has 118 valence electrons. The summed E-state index contributed by atoms with van der Waals surface area (Å²) >= 11 is 0. The smallest absolute Gasteiger partial charge is 0.191 e. The average molecular weight is 305 g/mol. The van der Waals surface area contributed by atoms with Gasteiger partial charge in [-0.1, -0.05) is 0 Å². The van der Waals surface area contributed by atoms with E-state index in [0.717, 1.165) is 0 Å². The molecule has 0 radical (unpaired) electrons. The molecular formula is C13H27N3O3S. The van der Waals surface area contributed by atoms with Gasteiger partial charge < -0.3 is 15.4 Å². The van der Waals surface area contributed by atoms with E-state index in [2.05, 4.69) is 15.6 Å². The highest BCUT2D eigenvalue weighted by Crippen LogP contribution is 2.28. The standard InChI is InChI=1S/C13H27N3O3S/c1-12(2,3)16-11(14-4)15-10-13(20(5,17)18)6-8-19-9-7-13/h6-10H2,1-5H3,(H2,14,15,16). The van der Waals surface area contributed by atoms with E-state index in [0.29, 0.717) is 38.6 Å². The summed E-state index contributed by atoms with van der Waals surface area (Å²) in [4.78, 5) is 4.14. The number of ether oxygens (including phenoxy) is 1. The lowest BCUT2D eigenvalue weighted by Gasteiger charge is -2.36. The number of guanidine groups is 1. The van der Waals surface area contributed by atoms with Crippen molar-refractivity contribution in [3.63, 3.8) is 0 Å². The van der Waals surface area contributed by atoms with E-state index in [-0.39, 0.29) is 5.54 Å². The number of sulfone groups is 1. The Morgan fingerprint density at radius 2 is 1.85 bits per heavy atom. The minimum Gasteiger partial charge on any atom is -0.381 e. The Kier molecular flexibility index (Phi) is 5.43. The molecule has 0 amide bonds. The zero-order chi connectivity index (χ0) is 15.4. The Hall–Kier alpha value is -0.820. The maximum Gasteiger partial charge on any atom is 0.191 e. The highest BCUT2D eigenvalue weighted by molar-refractivity contribution is 7.92. The van der Waals surface area contributed by atoms with Crippen LogP contribution < -0.4 is 10.6 Å². The van der Waals surface area contributed by atoms with Crippen molar-refractivity contribution in [1.29, 1.82) is 0 Å². The fourth-order valence-corrected chi connectivity index (χ4v) is 3.44. The molecule has 0 aromatic carbocycles. The van der Waals surface area contributed by atoms with E-state index < -0.39 is 14.6 Å². The van der Waals surface area contributed by atoms with Crippen LogP contribution in [0.3, 0.4) is 0 Å². The Bertz CT molecular complexity index is 446. The second-order valence-electron chi connectivity index (χ2n) is 6.37. The maximum atomic E-state index is 12.1. The van der Waals surface area contributed by atoms with Gasteiger partial charge in [0.15, 0.2) is 15.8 Å². The minimum atomic E-state index is -3.16. The fourth-order valence-electron chi connectivity index (χ4n) is 2.20. The first-order chi connectivity index (χ1) is 9.10. The van der Waals surface area contributed by atoms with Crippen LogP contribution in [0.15, 0.2) is 4.99 Å². The third-order valence-electron chi connectivity index (χ3n) is 3.49. The molecule has 6 nitrogen and oxygen atoms in total. The topological polar surface area (TPSA) is 79.8 Å². The van der Waals surface area contributed by atoms with Crippen molar-refractivity contribution < 1.29 is 13.2 Å². The first kappa shape index (κ1) is 17.2. The highest BCUT2D eigenvalue weighted by Gasteiger charge is 2.42. The van der Waals surface area contributed by atoms with Crippen molar-refractivity contribution in [3.05, 3.63) is 0 Å². The molecule has 0 spiro atoms. The Morgan fingerprint density at radius 3 is 2.25 bits per heavy atom. The molecule has 7 heteroatoms. The summed E-state index contributed by atoms with van der Waals surface area (Å²) in [6.45, 7) is 7.41. The average Bonchev–Trinajstić information content (AvgIpc) is 2.33. The Morgan fingerprint density at radius 1 is 1.30 bits per heavy atom. The molecule has 2 N–H and O–H groups in total. The Balaban J connectivity index is 2.77. The van der Waals surface area contributed by atoms with Crippen molar-refractivity contribution >= 4 is 15.8 Å². The molecule has 1 rings (SSSR count). The number of nitrogens with zero attached hydrogens (tertiary/aromatic N) is 1. The van der Waals surface area contributed by atoms with Gasteiger partial charge in [0, 0.05) is 38.6 Å². The molecule has 1 aliphatic heterocycles.